The third kappa shape index (κ3) is 4.22. The maximum absolute atomic E-state index is 12.1. The van der Waals surface area contributed by atoms with Gasteiger partial charge in [-0.15, -0.1) is 11.6 Å². The molecule has 1 aromatic rings. The molecule has 1 rings (SSSR count). The Labute approximate surface area is 126 Å². The Hall–Kier alpha value is -1.06. The first-order valence-electron chi connectivity index (χ1n) is 7.15. The summed E-state index contributed by atoms with van der Waals surface area (Å²) in [5.74, 6) is -0.206. The molecule has 1 atom stereocenters. The highest BCUT2D eigenvalue weighted by atomic mass is 35.5. The first kappa shape index (κ1) is 17.0. The predicted molar refractivity (Wildman–Crippen MR) is 84.7 cm³/mol. The van der Waals surface area contributed by atoms with Crippen molar-refractivity contribution in [3.63, 3.8) is 0 Å². The number of carbonyl (C=O) groups excluding carboxylic acids is 1. The largest absolute Gasteiger partial charge is 0.383 e. The zero-order valence-corrected chi connectivity index (χ0v) is 13.5. The van der Waals surface area contributed by atoms with Gasteiger partial charge in [0, 0.05) is 12.8 Å². The molecular formula is C16H24ClNO2. The normalized spacial score (nSPS) is 12.2. The molecule has 1 amide bonds. The van der Waals surface area contributed by atoms with Crippen molar-refractivity contribution in [3.8, 4) is 0 Å². The fourth-order valence-corrected chi connectivity index (χ4v) is 2.37. The fourth-order valence-electron chi connectivity index (χ4n) is 2.19. The molecule has 20 heavy (non-hydrogen) atoms. The first-order valence-corrected chi connectivity index (χ1v) is 7.59. The molecule has 0 aliphatic rings. The van der Waals surface area contributed by atoms with Crippen molar-refractivity contribution in [2.45, 2.75) is 45.4 Å². The number of anilines is 1. The van der Waals surface area contributed by atoms with Gasteiger partial charge in [-0.2, -0.15) is 0 Å². The van der Waals surface area contributed by atoms with Crippen LogP contribution in [-0.4, -0.2) is 25.0 Å². The van der Waals surface area contributed by atoms with E-state index in [1.54, 1.807) is 0 Å². The van der Waals surface area contributed by atoms with Crippen LogP contribution in [0.2, 0.25) is 0 Å². The summed E-state index contributed by atoms with van der Waals surface area (Å²) in [7, 11) is 1.54. The van der Waals surface area contributed by atoms with Crippen LogP contribution in [0.1, 0.15) is 37.5 Å². The highest BCUT2D eigenvalue weighted by Crippen LogP contribution is 2.25. The molecule has 0 spiro atoms. The predicted octanol–water partition coefficient (Wildman–Crippen LogP) is 3.57. The lowest BCUT2D eigenvalue weighted by molar-refractivity contribution is -0.116. The molecule has 112 valence electrons. The lowest BCUT2D eigenvalue weighted by Gasteiger charge is -2.18. The number of hydrogen-bond acceptors (Lipinski definition) is 2. The molecule has 0 aliphatic heterocycles. The van der Waals surface area contributed by atoms with Crippen molar-refractivity contribution in [1.82, 2.24) is 0 Å². The number of ether oxygens (including phenoxy) is 1. The van der Waals surface area contributed by atoms with E-state index in [-0.39, 0.29) is 12.5 Å². The van der Waals surface area contributed by atoms with Crippen LogP contribution in [0.3, 0.4) is 0 Å². The Morgan fingerprint density at radius 3 is 2.15 bits per heavy atom. The highest BCUT2D eigenvalue weighted by Gasteiger charge is 2.18. The second-order valence-corrected chi connectivity index (χ2v) is 5.29. The summed E-state index contributed by atoms with van der Waals surface area (Å²) in [6.45, 7) is 6.54. The van der Waals surface area contributed by atoms with Crippen molar-refractivity contribution in [2.24, 2.45) is 0 Å². The van der Waals surface area contributed by atoms with Gasteiger partial charge in [0.1, 0.15) is 5.38 Å². The average molecular weight is 298 g/mol. The van der Waals surface area contributed by atoms with Gasteiger partial charge in [0.15, 0.2) is 0 Å². The Morgan fingerprint density at radius 2 is 1.75 bits per heavy atom. The molecule has 0 aromatic heterocycles. The molecule has 1 aromatic carbocycles. The van der Waals surface area contributed by atoms with Crippen LogP contribution in [0.5, 0.6) is 0 Å². The maximum atomic E-state index is 12.1. The molecule has 0 saturated carbocycles. The van der Waals surface area contributed by atoms with Crippen LogP contribution in [0, 0.1) is 0 Å². The van der Waals surface area contributed by atoms with Gasteiger partial charge in [-0.1, -0.05) is 32.9 Å². The molecule has 1 N–H and O–H groups in total. The molecule has 4 heteroatoms. The van der Waals surface area contributed by atoms with E-state index < -0.39 is 5.38 Å². The van der Waals surface area contributed by atoms with Gasteiger partial charge >= 0.3 is 0 Å². The summed E-state index contributed by atoms with van der Waals surface area (Å²) in [6, 6.07) is 4.32. The van der Waals surface area contributed by atoms with Crippen LogP contribution in [-0.2, 0) is 28.8 Å². The zero-order valence-electron chi connectivity index (χ0n) is 12.8. The fraction of sp³-hybridized carbons (Fsp3) is 0.562. The Balaban J connectivity index is 3.06. The number of amides is 1. The third-order valence-corrected chi connectivity index (χ3v) is 3.70. The van der Waals surface area contributed by atoms with E-state index in [0.717, 1.165) is 36.1 Å². The summed E-state index contributed by atoms with van der Waals surface area (Å²) < 4.78 is 4.92. The van der Waals surface area contributed by atoms with Crippen molar-refractivity contribution in [3.05, 3.63) is 28.8 Å². The third-order valence-electron chi connectivity index (χ3n) is 3.38. The molecule has 3 nitrogen and oxygen atoms in total. The number of carbonyl (C=O) groups is 1. The molecular weight excluding hydrogens is 274 g/mol. The standard InChI is InChI=1S/C16H24ClNO2/c1-5-11-8-12(6-2)15(13(7-3)9-11)18-16(19)14(17)10-20-4/h8-9,14H,5-7,10H2,1-4H3,(H,18,19). The summed E-state index contributed by atoms with van der Waals surface area (Å²) >= 11 is 5.99. The smallest absolute Gasteiger partial charge is 0.244 e. The van der Waals surface area contributed by atoms with Gasteiger partial charge < -0.3 is 10.1 Å². The average Bonchev–Trinajstić information content (AvgIpc) is 2.47. The lowest BCUT2D eigenvalue weighted by Crippen LogP contribution is -2.28. The first-order chi connectivity index (χ1) is 9.57. The van der Waals surface area contributed by atoms with Crippen molar-refractivity contribution < 1.29 is 9.53 Å². The number of rotatable bonds is 7. The van der Waals surface area contributed by atoms with E-state index >= 15 is 0 Å². The number of alkyl halides is 1. The second kappa shape index (κ2) is 8.28. The van der Waals surface area contributed by atoms with Crippen molar-refractivity contribution >= 4 is 23.2 Å². The van der Waals surface area contributed by atoms with Crippen LogP contribution in [0.4, 0.5) is 5.69 Å². The van der Waals surface area contributed by atoms with E-state index in [4.69, 9.17) is 16.3 Å². The number of halogens is 1. The zero-order chi connectivity index (χ0) is 15.1. The van der Waals surface area contributed by atoms with E-state index in [1.807, 2.05) is 0 Å². The second-order valence-electron chi connectivity index (χ2n) is 4.76. The summed E-state index contributed by atoms with van der Waals surface area (Å²) in [6.07, 6.45) is 2.76. The Bertz CT molecular complexity index is 435. The van der Waals surface area contributed by atoms with E-state index in [9.17, 15) is 4.79 Å². The van der Waals surface area contributed by atoms with Gasteiger partial charge in [-0.25, -0.2) is 0 Å². The SMILES string of the molecule is CCc1cc(CC)c(NC(=O)C(Cl)COC)c(CC)c1. The van der Waals surface area contributed by atoms with Gasteiger partial charge in [-0.3, -0.25) is 4.79 Å². The molecule has 0 aliphatic carbocycles. The molecule has 0 bridgehead atoms. The quantitative estimate of drug-likeness (QED) is 0.781. The van der Waals surface area contributed by atoms with Gasteiger partial charge in [0.05, 0.1) is 6.61 Å². The van der Waals surface area contributed by atoms with Gasteiger partial charge in [0.2, 0.25) is 5.91 Å². The number of hydrogen-bond donors (Lipinski definition) is 1. The highest BCUT2D eigenvalue weighted by molar-refractivity contribution is 6.32. The molecule has 0 radical (unpaired) electrons. The molecule has 1 unspecified atom stereocenters. The molecule has 0 heterocycles. The van der Waals surface area contributed by atoms with Gasteiger partial charge in [-0.05, 0) is 36.0 Å². The summed E-state index contributed by atoms with van der Waals surface area (Å²) in [5, 5.41) is 2.30. The van der Waals surface area contributed by atoms with E-state index in [2.05, 4.69) is 38.2 Å². The number of methoxy groups -OCH3 is 1. The molecule has 0 saturated heterocycles. The minimum atomic E-state index is -0.666. The molecule has 0 fully saturated rings. The topological polar surface area (TPSA) is 38.3 Å². The van der Waals surface area contributed by atoms with Crippen LogP contribution in [0.25, 0.3) is 0 Å². The van der Waals surface area contributed by atoms with Crippen molar-refractivity contribution in [2.75, 3.05) is 19.0 Å². The Kier molecular flexibility index (Phi) is 7.03. The van der Waals surface area contributed by atoms with Crippen LogP contribution >= 0.6 is 11.6 Å². The summed E-state index contributed by atoms with van der Waals surface area (Å²) in [4.78, 5) is 12.1. The lowest BCUT2D eigenvalue weighted by atomic mass is 9.98. The Morgan fingerprint density at radius 1 is 1.20 bits per heavy atom. The van der Waals surface area contributed by atoms with E-state index in [1.165, 1.54) is 12.7 Å². The number of benzene rings is 1. The minimum Gasteiger partial charge on any atom is -0.383 e. The van der Waals surface area contributed by atoms with Crippen LogP contribution in [0.15, 0.2) is 12.1 Å². The van der Waals surface area contributed by atoms with Crippen LogP contribution < -0.4 is 5.32 Å². The number of aryl methyl sites for hydroxylation is 3. The van der Waals surface area contributed by atoms with E-state index in [0.29, 0.717) is 0 Å². The minimum absolute atomic E-state index is 0.206. The van der Waals surface area contributed by atoms with Crippen molar-refractivity contribution in [1.29, 1.82) is 0 Å². The van der Waals surface area contributed by atoms with Gasteiger partial charge in [0.25, 0.3) is 0 Å². The monoisotopic (exact) mass is 297 g/mol. The number of nitrogens with one attached hydrogen (secondary N) is 1. The maximum Gasteiger partial charge on any atom is 0.244 e. The summed E-state index contributed by atoms with van der Waals surface area (Å²) in [5.41, 5.74) is 4.54.